The summed E-state index contributed by atoms with van der Waals surface area (Å²) in [6, 6.07) is 15.7. The van der Waals surface area contributed by atoms with Crippen LogP contribution in [0, 0.1) is 17.3 Å². The summed E-state index contributed by atoms with van der Waals surface area (Å²) >= 11 is 0.714. The van der Waals surface area contributed by atoms with Gasteiger partial charge in [-0.25, -0.2) is 25.1 Å². The Labute approximate surface area is 830 Å². The van der Waals surface area contributed by atoms with Crippen molar-refractivity contribution in [2.75, 3.05) is 94.2 Å². The Morgan fingerprint density at radius 3 is 2.05 bits per heavy atom. The molecular formula is C97H122N22O24S. The zero-order valence-electron chi connectivity index (χ0n) is 81.0. The van der Waals surface area contributed by atoms with Crippen molar-refractivity contribution in [2.45, 2.75) is 207 Å². The first-order valence-corrected chi connectivity index (χ1v) is 48.3. The maximum absolute atomic E-state index is 15.7. The monoisotopic (exact) mass is 2010 g/mol. The number of rotatable bonds is 39. The Kier molecular flexibility index (Phi) is 33.0. The predicted octanol–water partition coefficient (Wildman–Crippen LogP) is 0.842. The maximum atomic E-state index is 15.7. The number of ether oxygens (including phenoxy) is 2. The number of aliphatic imine (C=N–C) groups is 1. The fourth-order valence-corrected chi connectivity index (χ4v) is 22.6. The summed E-state index contributed by atoms with van der Waals surface area (Å²) in [5.74, 6) is -15.0. The maximum Gasteiger partial charge on any atom is 0.327 e. The van der Waals surface area contributed by atoms with Crippen LogP contribution in [0.1, 0.15) is 162 Å². The number of aliphatic carboxylic acids is 4. The molecule has 7 aliphatic rings. The number of thioether (sulfide) groups is 1. The van der Waals surface area contributed by atoms with Crippen LogP contribution in [0.2, 0.25) is 0 Å². The van der Waals surface area contributed by atoms with Crippen molar-refractivity contribution in [1.29, 1.82) is 0 Å². The molecule has 4 aromatic carbocycles. The minimum Gasteiger partial charge on any atom is -0.496 e. The van der Waals surface area contributed by atoms with Gasteiger partial charge in [0.25, 0.3) is 17.4 Å². The van der Waals surface area contributed by atoms with Crippen molar-refractivity contribution in [3.63, 3.8) is 0 Å². The number of aromatic nitrogens is 5. The number of H-pyrrole nitrogens is 2. The van der Waals surface area contributed by atoms with Crippen LogP contribution < -0.4 is 79.9 Å². The molecule has 3 unspecified atom stereocenters. The number of anilines is 4. The van der Waals surface area contributed by atoms with E-state index in [9.17, 15) is 93.0 Å². The highest BCUT2D eigenvalue weighted by Gasteiger charge is 2.79. The molecule has 46 nitrogen and oxygen atoms in total. The van der Waals surface area contributed by atoms with Crippen molar-refractivity contribution in [2.24, 2.45) is 38.8 Å². The van der Waals surface area contributed by atoms with Crippen LogP contribution in [-0.2, 0) is 90.9 Å². The number of nitrogen functional groups attached to an aromatic ring is 1. The number of likely N-dealkylation sites (N-methyl/N-ethyl adjacent to an activating group) is 2. The van der Waals surface area contributed by atoms with Crippen LogP contribution in [0.5, 0.6) is 5.75 Å². The number of carboxylic acids is 4. The summed E-state index contributed by atoms with van der Waals surface area (Å²) in [6.07, 6.45) is 3.94. The van der Waals surface area contributed by atoms with Crippen LogP contribution in [-0.4, -0.2) is 303 Å². The third kappa shape index (κ3) is 22.1. The number of esters is 1. The van der Waals surface area contributed by atoms with Crippen LogP contribution in [0.3, 0.4) is 0 Å². The molecule has 3 saturated heterocycles. The number of piperidine rings is 1. The first-order chi connectivity index (χ1) is 68.4. The number of hydrazone groups is 1. The number of guanidine groups is 1. The van der Waals surface area contributed by atoms with E-state index < -0.39 is 195 Å². The summed E-state index contributed by atoms with van der Waals surface area (Å²) in [4.78, 5) is 224. The van der Waals surface area contributed by atoms with Gasteiger partial charge in [-0.05, 0) is 149 Å². The number of aliphatic hydroxyl groups is 3. The van der Waals surface area contributed by atoms with E-state index >= 15 is 9.59 Å². The number of carbonyl (C=O) groups is 14. The fourth-order valence-electron chi connectivity index (χ4n) is 21.5. The number of nitrogens with zero attached hydrogens (tertiary/aromatic N) is 9. The van der Waals surface area contributed by atoms with E-state index in [1.165, 1.54) is 51.5 Å². The summed E-state index contributed by atoms with van der Waals surface area (Å²) in [5.41, 5.74) is 17.7. The number of hydrogen-bond acceptors (Lipinski definition) is 31. The number of carbonyl (C=O) groups excluding carboxylic acids is 10. The largest absolute Gasteiger partial charge is 0.496 e. The van der Waals surface area contributed by atoms with Gasteiger partial charge in [0.15, 0.2) is 22.7 Å². The quantitative estimate of drug-likeness (QED) is 0.00483. The van der Waals surface area contributed by atoms with Crippen LogP contribution >= 0.6 is 11.8 Å². The molecule has 3 aromatic heterocycles. The zero-order valence-corrected chi connectivity index (χ0v) is 81.8. The molecule has 0 radical (unpaired) electrons. The summed E-state index contributed by atoms with van der Waals surface area (Å²) in [7, 11) is 6.05. The van der Waals surface area contributed by atoms with E-state index in [0.717, 1.165) is 26.9 Å². The van der Waals surface area contributed by atoms with Crippen molar-refractivity contribution in [3.8, 4) is 5.75 Å². The molecule has 9 heterocycles. The van der Waals surface area contributed by atoms with Crippen LogP contribution in [0.15, 0.2) is 118 Å². The van der Waals surface area contributed by atoms with Gasteiger partial charge in [-0.3, -0.25) is 86.9 Å². The summed E-state index contributed by atoms with van der Waals surface area (Å²) in [5, 5.41) is 99.1. The van der Waals surface area contributed by atoms with Crippen LogP contribution in [0.4, 0.5) is 23.0 Å². The molecule has 9 amide bonds. The molecule has 770 valence electrons. The second-order valence-corrected chi connectivity index (χ2v) is 38.9. The molecule has 144 heavy (non-hydrogen) atoms. The lowest BCUT2D eigenvalue weighted by Gasteiger charge is -2.63. The molecule has 1 saturated carbocycles. The molecule has 6 aliphatic heterocycles. The third-order valence-electron chi connectivity index (χ3n) is 28.4. The highest BCUT2D eigenvalue weighted by atomic mass is 32.2. The van der Waals surface area contributed by atoms with E-state index in [1.54, 1.807) is 52.3 Å². The smallest absolute Gasteiger partial charge is 0.327 e. The number of benzene rings is 4. The number of para-hydroxylation sites is 1. The average molecular weight is 2010 g/mol. The van der Waals surface area contributed by atoms with Crippen molar-refractivity contribution in [3.05, 3.63) is 153 Å². The standard InChI is InChI=1S/C73H93N13O18S.C24H29N9O6/c1-8-69(101)33-40-34-72(67(100)104-7,57-44(21-26-84(35-40)37-69)43-15-10-11-16-47(43)77-57)46-28-45-51(31-52(46)103-6)83(5)64-71(45)23-27-85-25-13-22-70(9-2,63(71)85)65(98)73(64,102)66(99)82-81-39(4)41-17-19-42(20-18-41)86-54(87)32-53(61(86)95)105-36-50(62(96)97)80-60(94)49(30-56(90)91)79-59(93)48(29-55(88)89)78-58(92)38(3)14-12-24-76-68(74)75;1-12(3-8-17(34)31-16(9-18(35)36)22(38)26-2)29-21(37)13-4-6-14(7-5-13)27-10-15-11-28-20-19(30-15)23(39)33-24(25)32-20/h10-11,13,15-20,22,28,31,38,40,48-50,53,63-65,77,98,101-102H,8-9,12,14,21,23-27,29-30,32-37H2,1-7H3,(H,78,92)(H,79,93)(H,80,94)(H,82,99)(H,88,89)(H,90,91)(H,96,97)(H4,74,75,76);4-7,11-12,16,27H,3,8-10H2,1-2H3,(H,26,38)(H,29,37)(H,31,34)(H,35,36)(H3,25,28,32,33,39)/b81-39+;/t38-,40+,48-,49-,50-,53?,63-,64+,65?,69-,70+,71+,72-,73-;12-,16+/m01/s1. The van der Waals surface area contributed by atoms with E-state index in [0.29, 0.717) is 128 Å². The van der Waals surface area contributed by atoms with E-state index in [1.807, 2.05) is 67.3 Å². The first-order valence-electron chi connectivity index (χ1n) is 47.3. The topological polar surface area (TPSA) is 698 Å². The number of carboxylic acid groups (broad SMARTS) is 4. The number of hydrogen-bond donors (Lipinski definition) is 20. The van der Waals surface area contributed by atoms with Gasteiger partial charge in [0.05, 0.1) is 80.2 Å². The molecule has 1 aliphatic carbocycles. The second kappa shape index (κ2) is 44.5. The molecular weight excluding hydrogens is 1890 g/mol. The molecule has 17 atom stereocenters. The Morgan fingerprint density at radius 1 is 0.750 bits per heavy atom. The fraction of sp³-hybridized carbons (Fsp3) is 0.485. The number of amides is 9. The Balaban J connectivity index is 0.000000372. The third-order valence-corrected chi connectivity index (χ3v) is 29.7. The summed E-state index contributed by atoms with van der Waals surface area (Å²) in [6.45, 7) is 12.0. The van der Waals surface area contributed by atoms with Crippen LogP contribution in [0.25, 0.3) is 22.1 Å². The second-order valence-electron chi connectivity index (χ2n) is 37.6. The zero-order chi connectivity index (χ0) is 105. The van der Waals surface area contributed by atoms with Gasteiger partial charge in [0, 0.05) is 139 Å². The van der Waals surface area contributed by atoms with Crippen molar-refractivity contribution >= 4 is 152 Å². The Hall–Kier alpha value is -14.6. The molecule has 47 heteroatoms. The number of nitrogens with one attached hydrogen (secondary N) is 10. The lowest BCUT2D eigenvalue weighted by atomic mass is 9.47. The van der Waals surface area contributed by atoms with Gasteiger partial charge >= 0.3 is 29.8 Å². The van der Waals surface area contributed by atoms with E-state index in [-0.39, 0.29) is 91.1 Å². The molecule has 2 bridgehead atoms. The SMILES string of the molecule is CC[C@]1(O)C[C@H]2CN(CCc3c([nH]c4ccccc34)[C@@](C(=O)OC)(c3cc4c(cc3OC)N(C)[C@@H]3[C@]45CCN4CC=C[C@@](CC)(C(O)[C@]3(O)C(=O)N/N=C(\C)c3ccc(N6C(=O)CC(SC[C@H](NC(=O)[C@H](CC(=O)O)NC(=O)[C@H](CC(=O)O)NC(=O)[C@@H](C)CCCN=C(N)N)C(=O)O)C6=O)cc3)[C@H]45)C2)C1.CNC(=O)[C@H](CC(=O)O)NC(=O)CC[C@@H](C)NC(=O)c1ccc(NCc2cnc3nc(N)[nH]c(=O)c3n2)cc1. The van der Waals surface area contributed by atoms with Gasteiger partial charge in [0.2, 0.25) is 47.3 Å². The highest BCUT2D eigenvalue weighted by Crippen LogP contribution is 2.68. The number of fused-ring (bicyclic) bond motifs is 7. The van der Waals surface area contributed by atoms with Gasteiger partial charge < -0.3 is 110 Å². The van der Waals surface area contributed by atoms with Crippen molar-refractivity contribution in [1.82, 2.24) is 72.0 Å². The number of aliphatic hydroxyl groups excluding tert-OH is 1. The molecule has 4 fully saturated rings. The van der Waals surface area contributed by atoms with E-state index in [4.69, 9.17) is 31.8 Å². The summed E-state index contributed by atoms with van der Waals surface area (Å²) < 4.78 is 12.5. The number of methoxy groups -OCH3 is 2. The van der Waals surface area contributed by atoms with Gasteiger partial charge in [-0.15, -0.1) is 11.8 Å². The lowest BCUT2D eigenvalue weighted by Crippen LogP contribution is -2.81. The minimum atomic E-state index is -2.60. The number of aromatic amines is 2. The lowest BCUT2D eigenvalue weighted by molar-refractivity contribution is -0.203. The Bertz CT molecular complexity index is 6300. The average Bonchev–Trinajstić information content (AvgIpc) is 1.46. The van der Waals surface area contributed by atoms with Gasteiger partial charge in [-0.2, -0.15) is 10.1 Å². The molecule has 23 N–H and O–H groups in total. The minimum absolute atomic E-state index is 0.00953. The first kappa shape index (κ1) is 107. The van der Waals surface area contributed by atoms with Gasteiger partial charge in [-0.1, -0.05) is 63.3 Å². The normalized spacial score (nSPS) is 24.2. The van der Waals surface area contributed by atoms with E-state index in [2.05, 4.69) is 87.5 Å². The predicted molar refractivity (Wildman–Crippen MR) is 527 cm³/mol. The molecule has 7 aromatic rings. The number of nitrogens with two attached hydrogens (primary N) is 3. The molecule has 14 rings (SSSR count). The molecule has 1 spiro atoms. The van der Waals surface area contributed by atoms with Gasteiger partial charge in [0.1, 0.15) is 41.4 Å². The Morgan fingerprint density at radius 2 is 1.41 bits per heavy atom. The number of imide groups is 1. The van der Waals surface area contributed by atoms with Crippen molar-refractivity contribution < 1.29 is 112 Å². The highest BCUT2D eigenvalue weighted by molar-refractivity contribution is 8.00.